The van der Waals surface area contributed by atoms with Gasteiger partial charge in [-0.2, -0.15) is 0 Å². The van der Waals surface area contributed by atoms with E-state index in [0.717, 1.165) is 3.57 Å². The van der Waals surface area contributed by atoms with E-state index in [4.69, 9.17) is 10.1 Å². The molecule has 1 aliphatic rings. The minimum Gasteiger partial charge on any atom is -0.505 e. The van der Waals surface area contributed by atoms with Gasteiger partial charge < -0.3 is 9.84 Å². The molecule has 6 nitrogen and oxygen atoms in total. The molecule has 0 aliphatic carbocycles. The zero-order valence-electron chi connectivity index (χ0n) is 15.0. The fourth-order valence-corrected chi connectivity index (χ4v) is 3.43. The lowest BCUT2D eigenvalue weighted by Gasteiger charge is -2.22. The third-order valence-electron chi connectivity index (χ3n) is 4.08. The Morgan fingerprint density at radius 1 is 1.14 bits per heavy atom. The molecule has 0 bridgehead atoms. The second-order valence-corrected chi connectivity index (χ2v) is 7.00. The highest BCUT2D eigenvalue weighted by molar-refractivity contribution is 14.1. The molecular weight excluding hydrogens is 471 g/mol. The number of nitrogens with zero attached hydrogens (tertiary/aromatic N) is 1. The van der Waals surface area contributed by atoms with Crippen LogP contribution in [0.5, 0.6) is 0 Å². The number of allylic oxidation sites excluding steroid dienone is 1. The predicted molar refractivity (Wildman–Crippen MR) is 115 cm³/mol. The lowest BCUT2D eigenvalue weighted by Crippen LogP contribution is -2.28. The molecule has 3 rings (SSSR count). The summed E-state index contributed by atoms with van der Waals surface area (Å²) >= 11 is 2.10. The summed E-state index contributed by atoms with van der Waals surface area (Å²) in [5.41, 5.74) is 0.798. The molecule has 2 N–H and O–H groups in total. The van der Waals surface area contributed by atoms with E-state index in [1.807, 2.05) is 12.1 Å². The zero-order valence-corrected chi connectivity index (χ0v) is 17.1. The van der Waals surface area contributed by atoms with Crippen LogP contribution in [0.3, 0.4) is 0 Å². The first-order chi connectivity index (χ1) is 13.5. The number of ether oxygens (including phenoxy) is 1. The average Bonchev–Trinajstić information content (AvgIpc) is 2.93. The molecule has 0 saturated heterocycles. The monoisotopic (exact) mass is 488 g/mol. The molecule has 0 radical (unpaired) electrons. The molecule has 0 spiro atoms. The molecule has 7 heteroatoms. The fraction of sp³-hybridized carbons (Fsp3) is 0.0952. The summed E-state index contributed by atoms with van der Waals surface area (Å²) in [6.45, 7) is 1.75. The number of aliphatic hydroxyl groups is 1. The maximum atomic E-state index is 12.7. The van der Waals surface area contributed by atoms with Crippen molar-refractivity contribution in [2.75, 3.05) is 11.5 Å². The van der Waals surface area contributed by atoms with Crippen LogP contribution in [0.1, 0.15) is 17.3 Å². The SMILES string of the molecule is CCOC(=O)C1=C(O)/C(=C\C(=O)c2ccccc2)N(c2ccccc2I)C1=N. The van der Waals surface area contributed by atoms with Crippen LogP contribution in [0, 0.1) is 8.98 Å². The van der Waals surface area contributed by atoms with Crippen LogP contribution in [0.15, 0.2) is 77.7 Å². The van der Waals surface area contributed by atoms with Crippen LogP contribution in [-0.2, 0) is 9.53 Å². The van der Waals surface area contributed by atoms with E-state index in [2.05, 4.69) is 22.6 Å². The van der Waals surface area contributed by atoms with Gasteiger partial charge in [0.15, 0.2) is 11.5 Å². The van der Waals surface area contributed by atoms with Crippen molar-refractivity contribution in [1.29, 1.82) is 5.41 Å². The van der Waals surface area contributed by atoms with E-state index < -0.39 is 11.7 Å². The summed E-state index contributed by atoms with van der Waals surface area (Å²) in [5, 5.41) is 19.2. The lowest BCUT2D eigenvalue weighted by molar-refractivity contribution is -0.138. The molecule has 0 saturated carbocycles. The van der Waals surface area contributed by atoms with Crippen molar-refractivity contribution in [2.24, 2.45) is 0 Å². The highest BCUT2D eigenvalue weighted by Gasteiger charge is 2.39. The molecule has 0 unspecified atom stereocenters. The van der Waals surface area contributed by atoms with Gasteiger partial charge in [0.25, 0.3) is 0 Å². The normalized spacial score (nSPS) is 15.3. The lowest BCUT2D eigenvalue weighted by atomic mass is 10.1. The van der Waals surface area contributed by atoms with Crippen molar-refractivity contribution in [3.63, 3.8) is 0 Å². The summed E-state index contributed by atoms with van der Waals surface area (Å²) in [4.78, 5) is 26.4. The van der Waals surface area contributed by atoms with Crippen LogP contribution in [0.4, 0.5) is 5.69 Å². The van der Waals surface area contributed by atoms with E-state index in [-0.39, 0.29) is 29.5 Å². The Morgan fingerprint density at radius 3 is 2.43 bits per heavy atom. The van der Waals surface area contributed by atoms with E-state index >= 15 is 0 Å². The number of esters is 1. The van der Waals surface area contributed by atoms with Crippen LogP contribution in [0.2, 0.25) is 0 Å². The minimum atomic E-state index is -0.809. The number of carbonyl (C=O) groups excluding carboxylic acids is 2. The smallest absolute Gasteiger partial charge is 0.345 e. The van der Waals surface area contributed by atoms with Crippen LogP contribution in [0.25, 0.3) is 0 Å². The first-order valence-corrected chi connectivity index (χ1v) is 9.59. The number of rotatable bonds is 5. The quantitative estimate of drug-likeness (QED) is 0.285. The number of hydrogen-bond donors (Lipinski definition) is 2. The van der Waals surface area contributed by atoms with Gasteiger partial charge in [-0.3, -0.25) is 15.1 Å². The number of carbonyl (C=O) groups is 2. The van der Waals surface area contributed by atoms with Gasteiger partial charge >= 0.3 is 5.97 Å². The number of para-hydroxylation sites is 1. The largest absolute Gasteiger partial charge is 0.505 e. The zero-order chi connectivity index (χ0) is 20.3. The molecular formula is C21H17IN2O4. The summed E-state index contributed by atoms with van der Waals surface area (Å²) < 4.78 is 5.77. The van der Waals surface area contributed by atoms with Crippen molar-refractivity contribution in [1.82, 2.24) is 0 Å². The number of ketones is 1. The number of aliphatic hydroxyl groups excluding tert-OH is 1. The Bertz CT molecular complexity index is 1010. The first kappa shape index (κ1) is 19.8. The number of halogens is 1. The van der Waals surface area contributed by atoms with E-state index in [1.54, 1.807) is 49.4 Å². The molecule has 142 valence electrons. The molecule has 1 aliphatic heterocycles. The van der Waals surface area contributed by atoms with Crippen LogP contribution < -0.4 is 4.90 Å². The Kier molecular flexibility index (Phi) is 5.93. The summed E-state index contributed by atoms with van der Waals surface area (Å²) in [6, 6.07) is 15.8. The van der Waals surface area contributed by atoms with Gasteiger partial charge in [0.1, 0.15) is 11.4 Å². The van der Waals surface area contributed by atoms with Gasteiger partial charge in [0.2, 0.25) is 0 Å². The van der Waals surface area contributed by atoms with Crippen molar-refractivity contribution in [3.05, 3.63) is 86.8 Å². The summed E-state index contributed by atoms with van der Waals surface area (Å²) in [5.74, 6) is -1.85. The summed E-state index contributed by atoms with van der Waals surface area (Å²) in [6.07, 6.45) is 1.23. The van der Waals surface area contributed by atoms with E-state index in [1.165, 1.54) is 11.0 Å². The van der Waals surface area contributed by atoms with Crippen molar-refractivity contribution >= 4 is 45.9 Å². The van der Waals surface area contributed by atoms with E-state index in [0.29, 0.717) is 11.3 Å². The number of amidine groups is 1. The molecule has 1 heterocycles. The number of benzene rings is 2. The molecule has 2 aromatic rings. The second-order valence-electron chi connectivity index (χ2n) is 5.84. The molecule has 0 aromatic heterocycles. The van der Waals surface area contributed by atoms with Gasteiger partial charge in [-0.25, -0.2) is 4.79 Å². The Morgan fingerprint density at radius 2 is 1.79 bits per heavy atom. The number of anilines is 1. The maximum Gasteiger partial charge on any atom is 0.345 e. The Labute approximate surface area is 175 Å². The number of nitrogens with one attached hydrogen (secondary N) is 1. The van der Waals surface area contributed by atoms with Gasteiger partial charge in [-0.15, -0.1) is 0 Å². The fourth-order valence-electron chi connectivity index (χ4n) is 2.80. The molecule has 28 heavy (non-hydrogen) atoms. The molecule has 0 amide bonds. The first-order valence-electron chi connectivity index (χ1n) is 8.51. The third kappa shape index (κ3) is 3.70. The van der Waals surface area contributed by atoms with E-state index in [9.17, 15) is 14.7 Å². The molecule has 0 atom stereocenters. The Hall–Kier alpha value is -2.94. The van der Waals surface area contributed by atoms with Crippen LogP contribution >= 0.6 is 22.6 Å². The highest BCUT2D eigenvalue weighted by Crippen LogP contribution is 2.36. The molecule has 0 fully saturated rings. The second kappa shape index (κ2) is 8.39. The highest BCUT2D eigenvalue weighted by atomic mass is 127. The van der Waals surface area contributed by atoms with Gasteiger partial charge in [0.05, 0.1) is 18.0 Å². The van der Waals surface area contributed by atoms with Crippen molar-refractivity contribution < 1.29 is 19.4 Å². The standard InChI is InChI=1S/C21H17IN2O4/c1-2-28-21(27)18-19(26)16(12-17(25)13-8-4-3-5-9-13)24(20(18)23)15-11-7-6-10-14(15)22/h3-12,23,26H,2H2,1H3/b16-12+,23-20?. The maximum absolute atomic E-state index is 12.7. The predicted octanol–water partition coefficient (Wildman–Crippen LogP) is 4.23. The van der Waals surface area contributed by atoms with Gasteiger partial charge in [-0.05, 0) is 41.6 Å². The van der Waals surface area contributed by atoms with Gasteiger partial charge in [0, 0.05) is 15.2 Å². The average molecular weight is 488 g/mol. The van der Waals surface area contributed by atoms with Crippen molar-refractivity contribution in [3.8, 4) is 0 Å². The number of hydrogen-bond acceptors (Lipinski definition) is 5. The van der Waals surface area contributed by atoms with Gasteiger partial charge in [-0.1, -0.05) is 42.5 Å². The Balaban J connectivity index is 2.14. The topological polar surface area (TPSA) is 90.7 Å². The summed E-state index contributed by atoms with van der Waals surface area (Å²) in [7, 11) is 0. The molecule has 2 aromatic carbocycles. The third-order valence-corrected chi connectivity index (χ3v) is 4.99. The van der Waals surface area contributed by atoms with Crippen LogP contribution in [-0.4, -0.2) is 29.3 Å². The minimum absolute atomic E-state index is 0.0611. The van der Waals surface area contributed by atoms with Crippen molar-refractivity contribution in [2.45, 2.75) is 6.92 Å².